The van der Waals surface area contributed by atoms with E-state index in [1.165, 1.54) is 29.8 Å². The minimum atomic E-state index is -4.74. The highest BCUT2D eigenvalue weighted by Crippen LogP contribution is 2.32. The summed E-state index contributed by atoms with van der Waals surface area (Å²) in [5.74, 6) is 0.697. The van der Waals surface area contributed by atoms with Crippen LogP contribution in [0.4, 0.5) is 13.2 Å². The quantitative estimate of drug-likeness (QED) is 0.416. The molecule has 30 heavy (non-hydrogen) atoms. The molecule has 0 bridgehead atoms. The summed E-state index contributed by atoms with van der Waals surface area (Å²) in [5, 5.41) is 0. The lowest BCUT2D eigenvalue weighted by atomic mass is 9.87. The van der Waals surface area contributed by atoms with Gasteiger partial charge in [0.05, 0.1) is 5.56 Å². The SMILES string of the molecule is CC(C)(C)c1ccc(Oc2ccc(-c3ccc(OC(F)(F)F)cc3)cc2C=O)cc1. The van der Waals surface area contributed by atoms with Crippen LogP contribution in [-0.4, -0.2) is 12.6 Å². The van der Waals surface area contributed by atoms with Crippen molar-refractivity contribution < 1.29 is 27.4 Å². The van der Waals surface area contributed by atoms with Gasteiger partial charge in [0.2, 0.25) is 0 Å². The molecule has 3 aromatic carbocycles. The highest BCUT2D eigenvalue weighted by molar-refractivity contribution is 5.83. The van der Waals surface area contributed by atoms with Crippen molar-refractivity contribution in [3.8, 4) is 28.4 Å². The highest BCUT2D eigenvalue weighted by Gasteiger charge is 2.31. The number of halogens is 3. The highest BCUT2D eigenvalue weighted by atomic mass is 19.4. The van der Waals surface area contributed by atoms with E-state index in [9.17, 15) is 18.0 Å². The summed E-state index contributed by atoms with van der Waals surface area (Å²) >= 11 is 0. The summed E-state index contributed by atoms with van der Waals surface area (Å²) in [5.41, 5.74) is 2.84. The van der Waals surface area contributed by atoms with E-state index in [0.29, 0.717) is 34.5 Å². The Labute approximate surface area is 173 Å². The van der Waals surface area contributed by atoms with Crippen molar-refractivity contribution in [3.05, 3.63) is 77.9 Å². The zero-order valence-electron chi connectivity index (χ0n) is 16.8. The van der Waals surface area contributed by atoms with Gasteiger partial charge < -0.3 is 9.47 Å². The summed E-state index contributed by atoms with van der Waals surface area (Å²) in [4.78, 5) is 11.6. The second kappa shape index (κ2) is 8.22. The van der Waals surface area contributed by atoms with Crippen LogP contribution in [0.1, 0.15) is 36.7 Å². The van der Waals surface area contributed by atoms with E-state index in [-0.39, 0.29) is 11.2 Å². The monoisotopic (exact) mass is 414 g/mol. The van der Waals surface area contributed by atoms with Crippen molar-refractivity contribution in [2.24, 2.45) is 0 Å². The van der Waals surface area contributed by atoms with Gasteiger partial charge in [-0.3, -0.25) is 4.79 Å². The fraction of sp³-hybridized carbons (Fsp3) is 0.208. The van der Waals surface area contributed by atoms with E-state index in [1.54, 1.807) is 18.2 Å². The minimum absolute atomic E-state index is 0.0226. The van der Waals surface area contributed by atoms with Crippen LogP contribution in [0.3, 0.4) is 0 Å². The molecule has 0 heterocycles. The summed E-state index contributed by atoms with van der Waals surface area (Å²) in [6, 6.07) is 18.1. The number of carbonyl (C=O) groups is 1. The maximum atomic E-state index is 12.3. The second-order valence-electron chi connectivity index (χ2n) is 7.82. The van der Waals surface area contributed by atoms with Gasteiger partial charge in [-0.1, -0.05) is 51.1 Å². The van der Waals surface area contributed by atoms with E-state index in [2.05, 4.69) is 25.5 Å². The molecule has 0 unspecified atom stereocenters. The molecule has 0 fully saturated rings. The molecule has 0 aliphatic rings. The summed E-state index contributed by atoms with van der Waals surface area (Å²) in [7, 11) is 0. The van der Waals surface area contributed by atoms with Crippen LogP contribution in [0, 0.1) is 0 Å². The topological polar surface area (TPSA) is 35.5 Å². The lowest BCUT2D eigenvalue weighted by molar-refractivity contribution is -0.274. The van der Waals surface area contributed by atoms with Gasteiger partial charge in [0.1, 0.15) is 17.2 Å². The molecular weight excluding hydrogens is 393 g/mol. The molecule has 6 heteroatoms. The lowest BCUT2D eigenvalue weighted by Gasteiger charge is -2.19. The van der Waals surface area contributed by atoms with Crippen molar-refractivity contribution >= 4 is 6.29 Å². The van der Waals surface area contributed by atoms with Crippen LogP contribution in [0.15, 0.2) is 66.7 Å². The van der Waals surface area contributed by atoms with Gasteiger partial charge in [0, 0.05) is 0 Å². The Hall–Kier alpha value is -3.28. The smallest absolute Gasteiger partial charge is 0.457 e. The number of ether oxygens (including phenoxy) is 2. The predicted octanol–water partition coefficient (Wildman–Crippen LogP) is 7.15. The van der Waals surface area contributed by atoms with Crippen LogP contribution in [0.5, 0.6) is 17.2 Å². The molecule has 0 aliphatic heterocycles. The summed E-state index contributed by atoms with van der Waals surface area (Å²) in [6.07, 6.45) is -4.06. The fourth-order valence-corrected chi connectivity index (χ4v) is 2.91. The minimum Gasteiger partial charge on any atom is -0.457 e. The molecule has 0 saturated carbocycles. The molecule has 0 aliphatic carbocycles. The largest absolute Gasteiger partial charge is 0.573 e. The van der Waals surface area contributed by atoms with Crippen molar-refractivity contribution in [3.63, 3.8) is 0 Å². The van der Waals surface area contributed by atoms with Crippen molar-refractivity contribution in [1.82, 2.24) is 0 Å². The predicted molar refractivity (Wildman–Crippen MR) is 109 cm³/mol. The Morgan fingerprint density at radius 3 is 1.87 bits per heavy atom. The molecule has 0 aromatic heterocycles. The zero-order chi connectivity index (χ0) is 21.9. The third kappa shape index (κ3) is 5.41. The Morgan fingerprint density at radius 2 is 1.33 bits per heavy atom. The van der Waals surface area contributed by atoms with Gasteiger partial charge in [-0.15, -0.1) is 13.2 Å². The van der Waals surface area contributed by atoms with Crippen LogP contribution < -0.4 is 9.47 Å². The van der Waals surface area contributed by atoms with Gasteiger partial charge in [-0.2, -0.15) is 0 Å². The number of alkyl halides is 3. The van der Waals surface area contributed by atoms with Crippen molar-refractivity contribution in [1.29, 1.82) is 0 Å². The molecule has 0 atom stereocenters. The molecule has 0 spiro atoms. The van der Waals surface area contributed by atoms with Crippen LogP contribution in [-0.2, 0) is 5.41 Å². The van der Waals surface area contributed by atoms with Gasteiger partial charge in [-0.05, 0) is 58.5 Å². The number of hydrogen-bond donors (Lipinski definition) is 0. The molecule has 0 N–H and O–H groups in total. The number of benzene rings is 3. The normalized spacial score (nSPS) is 11.8. The van der Waals surface area contributed by atoms with E-state index in [4.69, 9.17) is 4.74 Å². The third-order valence-corrected chi connectivity index (χ3v) is 4.51. The van der Waals surface area contributed by atoms with Crippen molar-refractivity contribution in [2.75, 3.05) is 0 Å². The summed E-state index contributed by atoms with van der Waals surface area (Å²) in [6.45, 7) is 6.36. The van der Waals surface area contributed by atoms with E-state index in [1.807, 2.05) is 24.3 Å². The number of carbonyl (C=O) groups excluding carboxylic acids is 1. The van der Waals surface area contributed by atoms with Crippen LogP contribution in [0.2, 0.25) is 0 Å². The number of hydrogen-bond acceptors (Lipinski definition) is 3. The van der Waals surface area contributed by atoms with Gasteiger partial charge >= 0.3 is 6.36 Å². The average Bonchev–Trinajstić information content (AvgIpc) is 2.67. The molecule has 3 aromatic rings. The second-order valence-corrected chi connectivity index (χ2v) is 7.82. The maximum absolute atomic E-state index is 12.3. The average molecular weight is 414 g/mol. The van der Waals surface area contributed by atoms with Gasteiger partial charge in [-0.25, -0.2) is 0 Å². The van der Waals surface area contributed by atoms with E-state index < -0.39 is 6.36 Å². The molecular formula is C24H21F3O3. The Balaban J connectivity index is 1.80. The molecule has 0 amide bonds. The Bertz CT molecular complexity index is 1020. The van der Waals surface area contributed by atoms with Crippen molar-refractivity contribution in [2.45, 2.75) is 32.5 Å². The third-order valence-electron chi connectivity index (χ3n) is 4.51. The molecule has 3 nitrogen and oxygen atoms in total. The lowest BCUT2D eigenvalue weighted by Crippen LogP contribution is -2.16. The Kier molecular flexibility index (Phi) is 5.87. The molecule has 0 saturated heterocycles. The van der Waals surface area contributed by atoms with Crippen LogP contribution >= 0.6 is 0 Å². The van der Waals surface area contributed by atoms with Gasteiger partial charge in [0.15, 0.2) is 6.29 Å². The van der Waals surface area contributed by atoms with Gasteiger partial charge in [0.25, 0.3) is 0 Å². The first kappa shape index (κ1) is 21.4. The fourth-order valence-electron chi connectivity index (χ4n) is 2.91. The standard InChI is InChI=1S/C24H21F3O3/c1-23(2,3)19-7-11-20(12-8-19)29-22-13-6-17(14-18(22)15-28)16-4-9-21(10-5-16)30-24(25,26)27/h4-15H,1-3H3. The number of rotatable bonds is 5. The molecule has 0 radical (unpaired) electrons. The molecule has 3 rings (SSSR count). The van der Waals surface area contributed by atoms with Crippen LogP contribution in [0.25, 0.3) is 11.1 Å². The maximum Gasteiger partial charge on any atom is 0.573 e. The molecule has 156 valence electrons. The summed E-state index contributed by atoms with van der Waals surface area (Å²) < 4.78 is 46.6. The first-order valence-corrected chi connectivity index (χ1v) is 9.29. The number of aldehydes is 1. The van der Waals surface area contributed by atoms with E-state index >= 15 is 0 Å². The first-order chi connectivity index (χ1) is 14.0. The first-order valence-electron chi connectivity index (χ1n) is 9.29. The van der Waals surface area contributed by atoms with E-state index in [0.717, 1.165) is 0 Å². The Morgan fingerprint density at radius 1 is 0.767 bits per heavy atom. The zero-order valence-corrected chi connectivity index (χ0v) is 16.8.